The van der Waals surface area contributed by atoms with E-state index in [-0.39, 0.29) is 23.8 Å². The Morgan fingerprint density at radius 2 is 2.08 bits per heavy atom. The molecule has 5 rings (SSSR count). The van der Waals surface area contributed by atoms with Gasteiger partial charge in [0, 0.05) is 24.3 Å². The number of aliphatic hydroxyl groups excluding tert-OH is 1. The molecule has 9 nitrogen and oxygen atoms in total. The number of carbonyl (C=O) groups excluding carboxylic acids is 2. The Balaban J connectivity index is 1.44. The van der Waals surface area contributed by atoms with Crippen molar-refractivity contribution in [2.75, 3.05) is 19.7 Å². The average Bonchev–Trinajstić information content (AvgIpc) is 3.51. The molecule has 0 unspecified atom stereocenters. The predicted molar refractivity (Wildman–Crippen MR) is 131 cm³/mol. The number of hydrogen-bond acceptors (Lipinski definition) is 6. The topological polar surface area (TPSA) is 120 Å². The van der Waals surface area contributed by atoms with Crippen molar-refractivity contribution in [2.24, 2.45) is 11.8 Å². The molecule has 36 heavy (non-hydrogen) atoms. The Morgan fingerprint density at radius 1 is 1.31 bits per heavy atom. The number of amides is 2. The molecule has 2 amide bonds. The summed E-state index contributed by atoms with van der Waals surface area (Å²) in [4.78, 5) is 39.1. The number of hydrogen-bond donors (Lipinski definition) is 3. The standard InChI is InChI=1S/C26H30FN5O4/c1-13-9-32(26(35)15(3)33)10-19(13)31-25(34)21-14(2)30-24-22(28-12-29-23(21)24)18-8-17(27)6-7-20(18)36-11-16-4-5-16/h6-8,12-13,15-16,19,30,33H,4-5,9-11H2,1-3H3,(H,31,34)/t13-,15+,19-/m1/s1. The van der Waals surface area contributed by atoms with E-state index in [9.17, 15) is 19.1 Å². The molecule has 1 saturated carbocycles. The van der Waals surface area contributed by atoms with Gasteiger partial charge >= 0.3 is 0 Å². The maximum absolute atomic E-state index is 14.2. The second-order valence-electron chi connectivity index (χ2n) is 9.94. The maximum atomic E-state index is 14.2. The van der Waals surface area contributed by atoms with E-state index >= 15 is 0 Å². The highest BCUT2D eigenvalue weighted by atomic mass is 19.1. The fourth-order valence-corrected chi connectivity index (χ4v) is 4.75. The van der Waals surface area contributed by atoms with Crippen molar-refractivity contribution in [3.63, 3.8) is 0 Å². The normalized spacial score (nSPS) is 20.5. The van der Waals surface area contributed by atoms with Gasteiger partial charge in [-0.05, 0) is 56.7 Å². The highest BCUT2D eigenvalue weighted by molar-refractivity contribution is 6.09. The number of aromatic amines is 1. The first-order valence-electron chi connectivity index (χ1n) is 12.3. The van der Waals surface area contributed by atoms with Crippen LogP contribution in [0, 0.1) is 24.6 Å². The summed E-state index contributed by atoms with van der Waals surface area (Å²) in [6.45, 7) is 6.51. The maximum Gasteiger partial charge on any atom is 0.255 e. The smallest absolute Gasteiger partial charge is 0.255 e. The van der Waals surface area contributed by atoms with Crippen molar-refractivity contribution < 1.29 is 23.8 Å². The van der Waals surface area contributed by atoms with Gasteiger partial charge in [-0.3, -0.25) is 9.59 Å². The van der Waals surface area contributed by atoms with E-state index in [0.29, 0.717) is 64.9 Å². The zero-order chi connectivity index (χ0) is 25.6. The summed E-state index contributed by atoms with van der Waals surface area (Å²) < 4.78 is 20.2. The van der Waals surface area contributed by atoms with Crippen LogP contribution in [0.3, 0.4) is 0 Å². The van der Waals surface area contributed by atoms with Gasteiger partial charge in [-0.2, -0.15) is 0 Å². The number of nitrogens with zero attached hydrogens (tertiary/aromatic N) is 3. The van der Waals surface area contributed by atoms with E-state index in [0.717, 1.165) is 12.8 Å². The summed E-state index contributed by atoms with van der Waals surface area (Å²) in [5.41, 5.74) is 2.87. The number of H-pyrrole nitrogens is 1. The summed E-state index contributed by atoms with van der Waals surface area (Å²) >= 11 is 0. The third-order valence-corrected chi connectivity index (χ3v) is 6.96. The number of rotatable bonds is 7. The molecule has 190 valence electrons. The lowest BCUT2D eigenvalue weighted by molar-refractivity contribution is -0.138. The SMILES string of the molecule is Cc1[nH]c2c(-c3cc(F)ccc3OCC3CC3)ncnc2c1C(=O)N[C@@H]1CN(C(=O)[C@H](C)O)C[C@H]1C. The summed E-state index contributed by atoms with van der Waals surface area (Å²) in [5.74, 6) is -0.00966. The molecule has 1 aliphatic carbocycles. The molecule has 2 fully saturated rings. The zero-order valence-corrected chi connectivity index (χ0v) is 20.5. The molecule has 1 aliphatic heterocycles. The van der Waals surface area contributed by atoms with Crippen molar-refractivity contribution in [1.82, 2.24) is 25.2 Å². The lowest BCUT2D eigenvalue weighted by Crippen LogP contribution is -2.42. The van der Waals surface area contributed by atoms with Crippen molar-refractivity contribution in [1.29, 1.82) is 0 Å². The van der Waals surface area contributed by atoms with Crippen LogP contribution < -0.4 is 10.1 Å². The van der Waals surface area contributed by atoms with Crippen LogP contribution in [0.15, 0.2) is 24.5 Å². The van der Waals surface area contributed by atoms with E-state index in [1.165, 1.54) is 25.4 Å². The Hall–Kier alpha value is -3.53. The van der Waals surface area contributed by atoms with Gasteiger partial charge in [0.05, 0.1) is 23.7 Å². The number of aliphatic hydroxyl groups is 1. The Kier molecular flexibility index (Phi) is 6.38. The van der Waals surface area contributed by atoms with Crippen LogP contribution in [0.2, 0.25) is 0 Å². The van der Waals surface area contributed by atoms with Crippen LogP contribution in [-0.2, 0) is 4.79 Å². The van der Waals surface area contributed by atoms with Gasteiger partial charge in [0.2, 0.25) is 0 Å². The first-order valence-corrected chi connectivity index (χ1v) is 12.3. The number of aromatic nitrogens is 3. The highest BCUT2D eigenvalue weighted by Gasteiger charge is 2.35. The molecular formula is C26H30FN5O4. The van der Waals surface area contributed by atoms with E-state index in [1.807, 2.05) is 6.92 Å². The van der Waals surface area contributed by atoms with Gasteiger partial charge in [0.25, 0.3) is 11.8 Å². The second-order valence-corrected chi connectivity index (χ2v) is 9.94. The molecule has 0 spiro atoms. The number of carbonyl (C=O) groups is 2. The molecule has 2 aromatic heterocycles. The summed E-state index contributed by atoms with van der Waals surface area (Å²) in [7, 11) is 0. The number of aryl methyl sites for hydroxylation is 1. The van der Waals surface area contributed by atoms with Crippen molar-refractivity contribution in [2.45, 2.75) is 45.8 Å². The monoisotopic (exact) mass is 495 g/mol. The number of fused-ring (bicyclic) bond motifs is 1. The predicted octanol–water partition coefficient (Wildman–Crippen LogP) is 2.82. The van der Waals surface area contributed by atoms with E-state index in [2.05, 4.69) is 20.3 Å². The van der Waals surface area contributed by atoms with E-state index < -0.39 is 11.9 Å². The molecule has 2 aliphatic rings. The largest absolute Gasteiger partial charge is 0.493 e. The minimum atomic E-state index is -1.08. The van der Waals surface area contributed by atoms with Gasteiger partial charge < -0.3 is 25.0 Å². The van der Waals surface area contributed by atoms with Crippen LogP contribution in [-0.4, -0.2) is 68.6 Å². The molecule has 0 radical (unpaired) electrons. The van der Waals surface area contributed by atoms with Crippen molar-refractivity contribution >= 4 is 22.8 Å². The molecule has 3 N–H and O–H groups in total. The lowest BCUT2D eigenvalue weighted by Gasteiger charge is -2.18. The first kappa shape index (κ1) is 24.2. The minimum absolute atomic E-state index is 0.0193. The summed E-state index contributed by atoms with van der Waals surface area (Å²) in [6, 6.07) is 4.08. The molecule has 3 aromatic rings. The van der Waals surface area contributed by atoms with Gasteiger partial charge in [0.1, 0.15) is 35.2 Å². The molecule has 1 aromatic carbocycles. The number of benzene rings is 1. The molecular weight excluding hydrogens is 465 g/mol. The quantitative estimate of drug-likeness (QED) is 0.464. The lowest BCUT2D eigenvalue weighted by atomic mass is 10.1. The first-order chi connectivity index (χ1) is 17.2. The van der Waals surface area contributed by atoms with Crippen LogP contribution >= 0.6 is 0 Å². The van der Waals surface area contributed by atoms with Crippen LogP contribution in [0.4, 0.5) is 4.39 Å². The van der Waals surface area contributed by atoms with Crippen molar-refractivity contribution in [3.05, 3.63) is 41.6 Å². The van der Waals surface area contributed by atoms with Gasteiger partial charge in [0.15, 0.2) is 0 Å². The third kappa shape index (κ3) is 4.65. The second kappa shape index (κ2) is 9.50. The summed E-state index contributed by atoms with van der Waals surface area (Å²) in [5, 5.41) is 12.7. The van der Waals surface area contributed by atoms with Gasteiger partial charge in [-0.1, -0.05) is 6.92 Å². The van der Waals surface area contributed by atoms with Crippen LogP contribution in [0.25, 0.3) is 22.3 Å². The molecule has 3 atom stereocenters. The van der Waals surface area contributed by atoms with Crippen LogP contribution in [0.1, 0.15) is 42.7 Å². The third-order valence-electron chi connectivity index (χ3n) is 6.96. The number of likely N-dealkylation sites (tertiary alicyclic amines) is 1. The Labute approximate surface area is 208 Å². The van der Waals surface area contributed by atoms with Gasteiger partial charge in [-0.15, -0.1) is 0 Å². The number of halogens is 1. The Bertz CT molecular complexity index is 1320. The van der Waals surface area contributed by atoms with E-state index in [4.69, 9.17) is 4.74 Å². The zero-order valence-electron chi connectivity index (χ0n) is 20.5. The van der Waals surface area contributed by atoms with Gasteiger partial charge in [-0.25, -0.2) is 14.4 Å². The average molecular weight is 496 g/mol. The van der Waals surface area contributed by atoms with Crippen molar-refractivity contribution in [3.8, 4) is 17.0 Å². The van der Waals surface area contributed by atoms with Crippen LogP contribution in [0.5, 0.6) is 5.75 Å². The fourth-order valence-electron chi connectivity index (χ4n) is 4.75. The van der Waals surface area contributed by atoms with E-state index in [1.54, 1.807) is 17.9 Å². The molecule has 0 bridgehead atoms. The fraction of sp³-hybridized carbons (Fsp3) is 0.462. The molecule has 3 heterocycles. The molecule has 10 heteroatoms. The number of nitrogens with one attached hydrogen (secondary N) is 2. The Morgan fingerprint density at radius 3 is 2.81 bits per heavy atom. The highest BCUT2D eigenvalue weighted by Crippen LogP contribution is 2.37. The summed E-state index contributed by atoms with van der Waals surface area (Å²) in [6.07, 6.45) is 2.54. The molecule has 1 saturated heterocycles. The minimum Gasteiger partial charge on any atom is -0.493 e. The number of ether oxygens (including phenoxy) is 1.